The molecular weight excluding hydrogens is 444 g/mol. The maximum atomic E-state index is 13.1. The zero-order chi connectivity index (χ0) is 23.7. The Morgan fingerprint density at radius 3 is 2.64 bits per heavy atom. The van der Waals surface area contributed by atoms with Crippen LogP contribution in [0.25, 0.3) is 0 Å². The number of ether oxygens (including phenoxy) is 1. The van der Waals surface area contributed by atoms with Crippen molar-refractivity contribution in [2.45, 2.75) is 44.4 Å². The summed E-state index contributed by atoms with van der Waals surface area (Å²) in [4.78, 5) is 42.8. The first-order chi connectivity index (χ1) is 15.8. The number of aryl methyl sites for hydroxylation is 2. The van der Waals surface area contributed by atoms with Gasteiger partial charge in [0.15, 0.2) is 5.17 Å². The van der Waals surface area contributed by atoms with E-state index in [4.69, 9.17) is 9.73 Å². The number of thioether (sulfide) groups is 1. The molecule has 2 amide bonds. The molecule has 33 heavy (non-hydrogen) atoms. The van der Waals surface area contributed by atoms with Gasteiger partial charge in [-0.25, -0.2) is 4.99 Å². The Morgan fingerprint density at radius 2 is 2.00 bits per heavy atom. The number of carbonyl (C=O) groups is 2. The van der Waals surface area contributed by atoms with Crippen LogP contribution in [0.1, 0.15) is 30.4 Å². The minimum atomic E-state index is -0.611. The first-order valence-corrected chi connectivity index (χ1v) is 11.4. The van der Waals surface area contributed by atoms with Crippen molar-refractivity contribution in [3.05, 3.63) is 57.6 Å². The van der Waals surface area contributed by atoms with Gasteiger partial charge >= 0.3 is 0 Å². The van der Waals surface area contributed by atoms with Gasteiger partial charge in [-0.1, -0.05) is 17.8 Å². The molecule has 0 spiro atoms. The van der Waals surface area contributed by atoms with Gasteiger partial charge in [0.2, 0.25) is 11.8 Å². The number of methoxy groups -OCH3 is 1. The fraction of sp³-hybridized carbons (Fsp3) is 0.348. The van der Waals surface area contributed by atoms with E-state index in [2.05, 4.69) is 5.32 Å². The van der Waals surface area contributed by atoms with Crippen LogP contribution in [0.15, 0.2) is 41.4 Å². The maximum absolute atomic E-state index is 13.1. The van der Waals surface area contributed by atoms with E-state index in [0.29, 0.717) is 10.9 Å². The van der Waals surface area contributed by atoms with Gasteiger partial charge in [0.05, 0.1) is 23.4 Å². The summed E-state index contributed by atoms with van der Waals surface area (Å²) in [6.45, 7) is 4.04. The van der Waals surface area contributed by atoms with Crippen molar-refractivity contribution in [3.63, 3.8) is 0 Å². The molecule has 2 aliphatic rings. The first-order valence-electron chi connectivity index (χ1n) is 10.5. The fourth-order valence-corrected chi connectivity index (χ4v) is 4.76. The van der Waals surface area contributed by atoms with Crippen LogP contribution in [-0.2, 0) is 9.59 Å². The van der Waals surface area contributed by atoms with Crippen LogP contribution < -0.4 is 10.1 Å². The number of hydrogen-bond donors (Lipinski definition) is 1. The highest BCUT2D eigenvalue weighted by molar-refractivity contribution is 8.15. The molecule has 1 heterocycles. The molecule has 1 saturated carbocycles. The molecule has 0 unspecified atom stereocenters. The molecule has 1 aliphatic heterocycles. The van der Waals surface area contributed by atoms with E-state index in [1.54, 1.807) is 4.90 Å². The van der Waals surface area contributed by atoms with Crippen LogP contribution in [0.2, 0.25) is 0 Å². The van der Waals surface area contributed by atoms with Gasteiger partial charge in [0.25, 0.3) is 5.69 Å². The molecule has 10 heteroatoms. The number of rotatable bonds is 7. The lowest BCUT2D eigenvalue weighted by atomic mass is 10.1. The number of non-ortho nitro benzene ring substituents is 1. The quantitative estimate of drug-likeness (QED) is 0.477. The lowest BCUT2D eigenvalue weighted by Crippen LogP contribution is -2.35. The molecule has 0 bridgehead atoms. The van der Waals surface area contributed by atoms with E-state index < -0.39 is 16.1 Å². The minimum Gasteiger partial charge on any atom is -0.495 e. The van der Waals surface area contributed by atoms with E-state index >= 15 is 0 Å². The summed E-state index contributed by atoms with van der Waals surface area (Å²) in [5.41, 5.74) is 3.08. The lowest BCUT2D eigenvalue weighted by molar-refractivity contribution is -0.384. The number of amides is 2. The van der Waals surface area contributed by atoms with Crippen LogP contribution >= 0.6 is 11.8 Å². The number of benzene rings is 2. The zero-order valence-corrected chi connectivity index (χ0v) is 19.3. The summed E-state index contributed by atoms with van der Waals surface area (Å²) in [5, 5.41) is 13.7. The Labute approximate surface area is 195 Å². The maximum Gasteiger partial charge on any atom is 0.271 e. The van der Waals surface area contributed by atoms with Gasteiger partial charge in [-0.15, -0.1) is 0 Å². The number of nitro groups is 1. The van der Waals surface area contributed by atoms with E-state index in [1.165, 1.54) is 42.6 Å². The third-order valence-electron chi connectivity index (χ3n) is 5.63. The second kappa shape index (κ2) is 9.22. The van der Waals surface area contributed by atoms with Gasteiger partial charge in [-0.2, -0.15) is 0 Å². The summed E-state index contributed by atoms with van der Waals surface area (Å²) in [7, 11) is 1.41. The largest absolute Gasteiger partial charge is 0.495 e. The Hall–Kier alpha value is -3.40. The van der Waals surface area contributed by atoms with E-state index in [-0.39, 0.29) is 29.7 Å². The SMILES string of the molecule is COc1ccc([N+](=O)[O-])cc1NC(=O)C[C@@H]1SC(=Nc2ccc(C)c(C)c2)N(C2CC2)C1=O. The van der Waals surface area contributed by atoms with Crippen molar-refractivity contribution in [2.75, 3.05) is 12.4 Å². The molecule has 2 aromatic carbocycles. The van der Waals surface area contributed by atoms with Crippen LogP contribution in [-0.4, -0.2) is 45.2 Å². The number of nitrogens with zero attached hydrogens (tertiary/aromatic N) is 3. The third kappa shape index (κ3) is 5.00. The normalized spacial score (nSPS) is 19.1. The number of nitrogens with one attached hydrogen (secondary N) is 1. The van der Waals surface area contributed by atoms with Gasteiger partial charge in [0, 0.05) is 24.6 Å². The molecule has 172 valence electrons. The smallest absolute Gasteiger partial charge is 0.271 e. The van der Waals surface area contributed by atoms with Gasteiger partial charge in [-0.3, -0.25) is 24.6 Å². The van der Waals surface area contributed by atoms with Crippen molar-refractivity contribution < 1.29 is 19.2 Å². The molecule has 1 atom stereocenters. The lowest BCUT2D eigenvalue weighted by Gasteiger charge is -2.15. The second-order valence-corrected chi connectivity index (χ2v) is 9.27. The molecule has 1 aliphatic carbocycles. The van der Waals surface area contributed by atoms with E-state index in [0.717, 1.165) is 24.1 Å². The predicted octanol–water partition coefficient (Wildman–Crippen LogP) is 4.34. The first kappa shape index (κ1) is 22.8. The summed E-state index contributed by atoms with van der Waals surface area (Å²) < 4.78 is 5.19. The highest BCUT2D eigenvalue weighted by Crippen LogP contribution is 2.40. The highest BCUT2D eigenvalue weighted by atomic mass is 32.2. The van der Waals surface area contributed by atoms with Gasteiger partial charge < -0.3 is 10.1 Å². The Kier molecular flexibility index (Phi) is 6.37. The third-order valence-corrected chi connectivity index (χ3v) is 6.78. The molecule has 1 N–H and O–H groups in total. The molecule has 0 aromatic heterocycles. The number of amidine groups is 1. The molecule has 0 radical (unpaired) electrons. The van der Waals surface area contributed by atoms with Crippen molar-refractivity contribution in [1.29, 1.82) is 0 Å². The number of aliphatic imine (C=N–C) groups is 1. The number of hydrogen-bond acceptors (Lipinski definition) is 7. The van der Waals surface area contributed by atoms with E-state index in [9.17, 15) is 19.7 Å². The molecular formula is C23H24N4O5S. The van der Waals surface area contributed by atoms with Crippen molar-refractivity contribution in [1.82, 2.24) is 4.90 Å². The second-order valence-electron chi connectivity index (χ2n) is 8.10. The number of carbonyl (C=O) groups excluding carboxylic acids is 2. The van der Waals surface area contributed by atoms with Gasteiger partial charge in [-0.05, 0) is 56.0 Å². The summed E-state index contributed by atoms with van der Waals surface area (Å²) in [6, 6.07) is 9.98. The minimum absolute atomic E-state index is 0.0789. The van der Waals surface area contributed by atoms with Crippen molar-refractivity contribution in [2.24, 2.45) is 4.99 Å². The molecule has 2 fully saturated rings. The Bertz CT molecular complexity index is 1160. The van der Waals surface area contributed by atoms with E-state index in [1.807, 2.05) is 32.0 Å². The highest BCUT2D eigenvalue weighted by Gasteiger charge is 2.46. The number of anilines is 1. The summed E-state index contributed by atoms with van der Waals surface area (Å²) >= 11 is 1.28. The standard InChI is InChI=1S/C23H24N4O5S/c1-13-4-5-15(10-14(13)2)24-23-26(16-6-7-16)22(29)20(33-23)12-21(28)25-18-11-17(27(30)31)8-9-19(18)32-3/h4-5,8-11,16,20H,6-7,12H2,1-3H3,(H,25,28)/t20-/m0/s1. The number of nitro benzene ring substituents is 1. The van der Waals surface area contributed by atoms with Crippen LogP contribution in [0.5, 0.6) is 5.75 Å². The van der Waals surface area contributed by atoms with Gasteiger partial charge in [0.1, 0.15) is 11.0 Å². The zero-order valence-electron chi connectivity index (χ0n) is 18.5. The molecule has 4 rings (SSSR count). The molecule has 2 aromatic rings. The van der Waals surface area contributed by atoms with Crippen molar-refractivity contribution in [3.8, 4) is 5.75 Å². The predicted molar refractivity (Wildman–Crippen MR) is 127 cm³/mol. The topological polar surface area (TPSA) is 114 Å². The molecule has 9 nitrogen and oxygen atoms in total. The van der Waals surface area contributed by atoms with Crippen LogP contribution in [0, 0.1) is 24.0 Å². The van der Waals surface area contributed by atoms with Crippen LogP contribution in [0.3, 0.4) is 0 Å². The monoisotopic (exact) mass is 468 g/mol. The summed E-state index contributed by atoms with van der Waals surface area (Å²) in [6.07, 6.45) is 1.76. The molecule has 1 saturated heterocycles. The van der Waals surface area contributed by atoms with Crippen molar-refractivity contribution >= 4 is 45.8 Å². The fourth-order valence-electron chi connectivity index (χ4n) is 3.54. The average molecular weight is 469 g/mol. The summed E-state index contributed by atoms with van der Waals surface area (Å²) in [5.74, 6) is -0.259. The average Bonchev–Trinajstić information content (AvgIpc) is 3.56. The Balaban J connectivity index is 1.51. The van der Waals surface area contributed by atoms with Crippen LogP contribution in [0.4, 0.5) is 17.1 Å². The Morgan fingerprint density at radius 1 is 1.24 bits per heavy atom.